The zero-order valence-electron chi connectivity index (χ0n) is 22.2. The van der Waals surface area contributed by atoms with Crippen LogP contribution in [0.2, 0.25) is 5.28 Å². The zero-order valence-corrected chi connectivity index (χ0v) is 22.9. The van der Waals surface area contributed by atoms with Crippen molar-refractivity contribution < 1.29 is 42.9 Å². The van der Waals surface area contributed by atoms with Crippen LogP contribution in [0, 0.1) is 0 Å². The molecule has 0 bridgehead atoms. The number of halogens is 1. The maximum absolute atomic E-state index is 13.5. The Morgan fingerprint density at radius 1 is 0.846 bits per heavy atom. The third kappa shape index (κ3) is 5.98. The number of fused-ring (bicyclic) bond motifs is 1. The van der Waals surface area contributed by atoms with Gasteiger partial charge in [-0.2, -0.15) is 4.98 Å². The van der Waals surface area contributed by atoms with E-state index in [0.29, 0.717) is 0 Å². The van der Waals surface area contributed by atoms with Crippen LogP contribution in [-0.2, 0) is 56.0 Å². The van der Waals surface area contributed by atoms with Crippen LogP contribution in [0.15, 0.2) is 9.59 Å². The molecule has 1 fully saturated rings. The molecule has 0 saturated carbocycles. The summed E-state index contributed by atoms with van der Waals surface area (Å²) in [6.07, 6.45) is -7.22. The first-order chi connectivity index (χ1) is 18.3. The fourth-order valence-corrected chi connectivity index (χ4v) is 4.70. The summed E-state index contributed by atoms with van der Waals surface area (Å²) in [5, 5.41) is -0.321. The molecule has 0 aromatic carbocycles. The van der Waals surface area contributed by atoms with Gasteiger partial charge in [0.1, 0.15) is 12.7 Å². The molecule has 214 valence electrons. The lowest BCUT2D eigenvalue weighted by Crippen LogP contribution is -2.60. The molecular weight excluding hydrogens is 544 g/mol. The van der Waals surface area contributed by atoms with Gasteiger partial charge in [-0.15, -0.1) is 0 Å². The van der Waals surface area contributed by atoms with E-state index in [1.165, 1.54) is 4.57 Å². The highest BCUT2D eigenvalue weighted by Crippen LogP contribution is 2.37. The molecule has 0 unspecified atom stereocenters. The van der Waals surface area contributed by atoms with E-state index in [2.05, 4.69) is 4.98 Å². The van der Waals surface area contributed by atoms with Crippen molar-refractivity contribution in [2.75, 3.05) is 6.61 Å². The minimum Gasteiger partial charge on any atom is -0.463 e. The van der Waals surface area contributed by atoms with Crippen LogP contribution in [0.5, 0.6) is 0 Å². The average molecular weight is 573 g/mol. The third-order valence-electron chi connectivity index (χ3n) is 5.87. The van der Waals surface area contributed by atoms with Crippen molar-refractivity contribution in [3.05, 3.63) is 26.1 Å². The van der Waals surface area contributed by atoms with Gasteiger partial charge in [-0.05, 0) is 25.4 Å². The number of nitrogens with zero attached hydrogens (tertiary/aromatic N) is 4. The van der Waals surface area contributed by atoms with Gasteiger partial charge in [0.15, 0.2) is 35.7 Å². The van der Waals surface area contributed by atoms with Gasteiger partial charge in [0, 0.05) is 40.8 Å². The molecule has 2 aromatic rings. The molecule has 16 heteroatoms. The summed E-state index contributed by atoms with van der Waals surface area (Å²) in [4.78, 5) is 78.4. The minimum atomic E-state index is -1.53. The maximum Gasteiger partial charge on any atom is 0.332 e. The van der Waals surface area contributed by atoms with Gasteiger partial charge in [-0.3, -0.25) is 37.7 Å². The highest BCUT2D eigenvalue weighted by molar-refractivity contribution is 6.29. The van der Waals surface area contributed by atoms with E-state index in [-0.39, 0.29) is 29.5 Å². The van der Waals surface area contributed by atoms with Crippen LogP contribution < -0.4 is 11.2 Å². The van der Waals surface area contributed by atoms with Gasteiger partial charge in [-0.1, -0.05) is 0 Å². The largest absolute Gasteiger partial charge is 0.463 e. The second kappa shape index (κ2) is 12.0. The predicted octanol–water partition coefficient (Wildman–Crippen LogP) is 0.309. The number of aryl methyl sites for hydroxylation is 1. The molecule has 0 aliphatic carbocycles. The average Bonchev–Trinajstić information content (AvgIpc) is 3.16. The molecule has 3 heterocycles. The van der Waals surface area contributed by atoms with E-state index in [1.807, 2.05) is 0 Å². The molecule has 1 aliphatic heterocycles. The van der Waals surface area contributed by atoms with Crippen molar-refractivity contribution in [3.8, 4) is 0 Å². The number of aromatic nitrogens is 4. The Hall–Kier alpha value is -3.72. The molecule has 0 radical (unpaired) electrons. The number of rotatable bonds is 8. The van der Waals surface area contributed by atoms with Crippen LogP contribution >= 0.6 is 11.6 Å². The molecule has 0 spiro atoms. The monoisotopic (exact) mass is 572 g/mol. The van der Waals surface area contributed by atoms with Gasteiger partial charge in [0.2, 0.25) is 5.28 Å². The summed E-state index contributed by atoms with van der Waals surface area (Å²) in [5.41, 5.74) is -1.59. The van der Waals surface area contributed by atoms with E-state index in [0.717, 1.165) is 36.8 Å². The zero-order chi connectivity index (χ0) is 29.2. The molecule has 5 atom stereocenters. The summed E-state index contributed by atoms with van der Waals surface area (Å²) in [5.74, 6) is -3.14. The van der Waals surface area contributed by atoms with Gasteiger partial charge < -0.3 is 23.7 Å². The number of hydrogen-bond acceptors (Lipinski definition) is 12. The van der Waals surface area contributed by atoms with Crippen LogP contribution in [0.25, 0.3) is 11.2 Å². The smallest absolute Gasteiger partial charge is 0.332 e. The second-order valence-electron chi connectivity index (χ2n) is 8.59. The number of imidazole rings is 1. The van der Waals surface area contributed by atoms with Crippen molar-refractivity contribution in [2.45, 2.75) is 85.3 Å². The highest BCUT2D eigenvalue weighted by atomic mass is 35.5. The van der Waals surface area contributed by atoms with Crippen LogP contribution in [0.1, 0.15) is 47.8 Å². The molecular formula is C23H29ClN4O11. The minimum absolute atomic E-state index is 0.0228. The molecule has 1 aliphatic rings. The molecule has 1 saturated heterocycles. The standard InChI is InChI=1S/C23H29ClN4O11/c1-7-26-19-15(20(33)27(8-2)23(26)34)28(22(24)25-19)21-18(38-13(6)32)17(37-12(5)31)16(36-11(4)30)14(39-21)9-35-10(3)29/h14,16-18,21H,7-9H2,1-6H3/t14-,16+,17+,18+,21-/m0/s1. The Bertz CT molecular complexity index is 1410. The van der Waals surface area contributed by atoms with Gasteiger partial charge in [0.25, 0.3) is 5.56 Å². The summed E-state index contributed by atoms with van der Waals surface area (Å²) < 4.78 is 30.8. The van der Waals surface area contributed by atoms with Crippen molar-refractivity contribution >= 4 is 46.6 Å². The SMILES string of the molecule is CCn1c(=O)c2c(nc(Cl)n2[C@H]2O[C@@H](COC(C)=O)[C@@H](OC(C)=O)[C@@H](OC(C)=O)[C@H]2OC(C)=O)n(CC)c1=O. The number of carbonyl (C=O) groups is 4. The molecule has 2 aromatic heterocycles. The topological polar surface area (TPSA) is 176 Å². The Balaban J connectivity index is 2.35. The van der Waals surface area contributed by atoms with E-state index in [4.69, 9.17) is 35.3 Å². The van der Waals surface area contributed by atoms with E-state index >= 15 is 0 Å². The van der Waals surface area contributed by atoms with E-state index in [9.17, 15) is 28.8 Å². The lowest BCUT2D eigenvalue weighted by molar-refractivity contribution is -0.267. The second-order valence-corrected chi connectivity index (χ2v) is 8.93. The Kier molecular flexibility index (Phi) is 9.17. The number of hydrogen-bond donors (Lipinski definition) is 0. The Morgan fingerprint density at radius 3 is 1.90 bits per heavy atom. The molecule has 3 rings (SSSR count). The van der Waals surface area contributed by atoms with E-state index in [1.54, 1.807) is 13.8 Å². The predicted molar refractivity (Wildman–Crippen MR) is 132 cm³/mol. The van der Waals surface area contributed by atoms with Gasteiger partial charge in [0.05, 0.1) is 0 Å². The molecule has 39 heavy (non-hydrogen) atoms. The fourth-order valence-electron chi connectivity index (χ4n) is 4.44. The van der Waals surface area contributed by atoms with Crippen molar-refractivity contribution in [2.24, 2.45) is 0 Å². The quantitative estimate of drug-likeness (QED) is 0.241. The Morgan fingerprint density at radius 2 is 1.38 bits per heavy atom. The van der Waals surface area contributed by atoms with Crippen molar-refractivity contribution in [1.82, 2.24) is 18.7 Å². The number of ether oxygens (including phenoxy) is 5. The number of carbonyl (C=O) groups excluding carboxylic acids is 4. The summed E-state index contributed by atoms with van der Waals surface area (Å²) in [6, 6.07) is 0. The lowest BCUT2D eigenvalue weighted by atomic mass is 9.97. The molecule has 0 N–H and O–H groups in total. The maximum atomic E-state index is 13.5. The summed E-state index contributed by atoms with van der Waals surface area (Å²) in [7, 11) is 0. The number of esters is 4. The van der Waals surface area contributed by atoms with Crippen LogP contribution in [0.4, 0.5) is 0 Å². The normalized spacial score (nSPS) is 22.8. The summed E-state index contributed by atoms with van der Waals surface area (Å²) >= 11 is 6.49. The fraction of sp³-hybridized carbons (Fsp3) is 0.609. The van der Waals surface area contributed by atoms with Gasteiger partial charge in [-0.25, -0.2) is 4.79 Å². The van der Waals surface area contributed by atoms with Crippen molar-refractivity contribution in [1.29, 1.82) is 0 Å². The Labute approximate surface area is 226 Å². The van der Waals surface area contributed by atoms with Gasteiger partial charge >= 0.3 is 29.6 Å². The van der Waals surface area contributed by atoms with Crippen LogP contribution in [0.3, 0.4) is 0 Å². The van der Waals surface area contributed by atoms with Crippen LogP contribution in [-0.4, -0.2) is 73.6 Å². The van der Waals surface area contributed by atoms with Crippen molar-refractivity contribution in [3.63, 3.8) is 0 Å². The highest BCUT2D eigenvalue weighted by Gasteiger charge is 2.53. The van der Waals surface area contributed by atoms with E-state index < -0.39 is 72.4 Å². The summed E-state index contributed by atoms with van der Waals surface area (Å²) in [6.45, 7) is 7.37. The first-order valence-electron chi connectivity index (χ1n) is 12.0. The lowest BCUT2D eigenvalue weighted by Gasteiger charge is -2.44. The molecule has 0 amide bonds. The first-order valence-corrected chi connectivity index (χ1v) is 12.4. The third-order valence-corrected chi connectivity index (χ3v) is 6.13. The first kappa shape index (κ1) is 29.8. The molecule has 15 nitrogen and oxygen atoms in total.